The highest BCUT2D eigenvalue weighted by atomic mass is 16.5. The second kappa shape index (κ2) is 4.19. The van der Waals surface area contributed by atoms with Crippen LogP contribution in [0, 0.1) is 0 Å². The fourth-order valence-electron chi connectivity index (χ4n) is 2.63. The minimum absolute atomic E-state index is 0.120. The normalized spacial score (nSPS) is 16.4. The maximum absolute atomic E-state index is 12.1. The third kappa shape index (κ3) is 1.64. The third-order valence-electron chi connectivity index (χ3n) is 3.41. The van der Waals surface area contributed by atoms with Crippen LogP contribution in [0.25, 0.3) is 0 Å². The number of rotatable bonds is 3. The molecule has 0 bridgehead atoms. The first-order valence-electron chi connectivity index (χ1n) is 5.83. The molecule has 1 aliphatic rings. The number of hydrogen-bond acceptors (Lipinski definition) is 4. The minimum Gasteiger partial charge on any atom is -0.493 e. The Morgan fingerprint density at radius 1 is 1.06 bits per heavy atom. The van der Waals surface area contributed by atoms with Crippen molar-refractivity contribution in [3.8, 4) is 17.2 Å². The molecule has 0 heterocycles. The van der Waals surface area contributed by atoms with E-state index in [-0.39, 0.29) is 11.2 Å². The van der Waals surface area contributed by atoms with Gasteiger partial charge in [0, 0.05) is 23.0 Å². The van der Waals surface area contributed by atoms with Crippen molar-refractivity contribution in [2.75, 3.05) is 21.3 Å². The number of methoxy groups -OCH3 is 3. The van der Waals surface area contributed by atoms with E-state index in [1.165, 1.54) is 0 Å². The van der Waals surface area contributed by atoms with Gasteiger partial charge in [-0.05, 0) is 6.07 Å². The quantitative estimate of drug-likeness (QED) is 0.827. The first kappa shape index (κ1) is 12.7. The van der Waals surface area contributed by atoms with E-state index in [9.17, 15) is 4.79 Å². The van der Waals surface area contributed by atoms with Crippen LogP contribution in [0.5, 0.6) is 17.2 Å². The van der Waals surface area contributed by atoms with Gasteiger partial charge in [0.25, 0.3) is 0 Å². The second-order valence-electron chi connectivity index (χ2n) is 5.05. The monoisotopic (exact) mass is 250 g/mol. The van der Waals surface area contributed by atoms with Crippen molar-refractivity contribution >= 4 is 5.78 Å². The molecule has 0 aromatic heterocycles. The van der Waals surface area contributed by atoms with Crippen LogP contribution in [0.4, 0.5) is 0 Å². The van der Waals surface area contributed by atoms with Gasteiger partial charge < -0.3 is 14.2 Å². The number of carbonyl (C=O) groups excluding carboxylic acids is 1. The summed E-state index contributed by atoms with van der Waals surface area (Å²) in [5, 5.41) is 0. The maximum atomic E-state index is 12.1. The van der Waals surface area contributed by atoms with E-state index in [0.29, 0.717) is 29.2 Å². The Bertz CT molecular complexity index is 503. The molecule has 0 unspecified atom stereocenters. The SMILES string of the molecule is COc1cc2c(c(OC)c1OC)C(C)(C)CC2=O. The molecule has 4 heteroatoms. The van der Waals surface area contributed by atoms with Gasteiger partial charge in [0.1, 0.15) is 0 Å². The van der Waals surface area contributed by atoms with Crippen LogP contribution in [0.3, 0.4) is 0 Å². The molecule has 4 nitrogen and oxygen atoms in total. The van der Waals surface area contributed by atoms with Crippen molar-refractivity contribution in [2.24, 2.45) is 0 Å². The lowest BCUT2D eigenvalue weighted by atomic mass is 9.85. The van der Waals surface area contributed by atoms with Crippen LogP contribution >= 0.6 is 0 Å². The van der Waals surface area contributed by atoms with Gasteiger partial charge in [0.05, 0.1) is 21.3 Å². The summed E-state index contributed by atoms with van der Waals surface area (Å²) in [6.45, 7) is 4.07. The number of Topliss-reactive ketones (excluding diaryl/α,β-unsaturated/α-hetero) is 1. The molecule has 18 heavy (non-hydrogen) atoms. The van der Waals surface area contributed by atoms with Gasteiger partial charge >= 0.3 is 0 Å². The van der Waals surface area contributed by atoms with Crippen molar-refractivity contribution in [2.45, 2.75) is 25.7 Å². The molecule has 0 radical (unpaired) electrons. The van der Waals surface area contributed by atoms with Crippen LogP contribution < -0.4 is 14.2 Å². The van der Waals surface area contributed by atoms with E-state index in [2.05, 4.69) is 0 Å². The Morgan fingerprint density at radius 3 is 2.17 bits per heavy atom. The molecule has 0 saturated heterocycles. The first-order chi connectivity index (χ1) is 8.46. The smallest absolute Gasteiger partial charge is 0.203 e. The summed E-state index contributed by atoms with van der Waals surface area (Å²) in [6.07, 6.45) is 0.481. The Hall–Kier alpha value is -1.71. The number of hydrogen-bond donors (Lipinski definition) is 0. The second-order valence-corrected chi connectivity index (χ2v) is 5.05. The van der Waals surface area contributed by atoms with Crippen molar-refractivity contribution in [3.05, 3.63) is 17.2 Å². The van der Waals surface area contributed by atoms with Gasteiger partial charge in [-0.25, -0.2) is 0 Å². The van der Waals surface area contributed by atoms with E-state index in [1.54, 1.807) is 27.4 Å². The van der Waals surface area contributed by atoms with Crippen LogP contribution in [0.1, 0.15) is 36.2 Å². The van der Waals surface area contributed by atoms with E-state index in [4.69, 9.17) is 14.2 Å². The predicted molar refractivity (Wildman–Crippen MR) is 68.1 cm³/mol. The van der Waals surface area contributed by atoms with Gasteiger partial charge in [0.2, 0.25) is 5.75 Å². The minimum atomic E-state index is -0.239. The molecular formula is C14H18O4. The molecule has 1 aromatic carbocycles. The van der Waals surface area contributed by atoms with Crippen LogP contribution in [-0.2, 0) is 5.41 Å². The highest BCUT2D eigenvalue weighted by molar-refractivity contribution is 6.04. The molecule has 0 spiro atoms. The molecular weight excluding hydrogens is 232 g/mol. The fraction of sp³-hybridized carbons (Fsp3) is 0.500. The molecule has 98 valence electrons. The molecule has 1 aromatic rings. The molecule has 2 rings (SSSR count). The summed E-state index contributed by atoms with van der Waals surface area (Å²) < 4.78 is 16.1. The number of ketones is 1. The fourth-order valence-corrected chi connectivity index (χ4v) is 2.63. The summed E-state index contributed by atoms with van der Waals surface area (Å²) in [7, 11) is 4.70. The Labute approximate surface area is 107 Å². The zero-order valence-corrected chi connectivity index (χ0v) is 11.4. The number of carbonyl (C=O) groups is 1. The summed E-state index contributed by atoms with van der Waals surface area (Å²) in [4.78, 5) is 12.1. The molecule has 1 aliphatic carbocycles. The lowest BCUT2D eigenvalue weighted by molar-refractivity contribution is 0.0979. The predicted octanol–water partition coefficient (Wildman–Crippen LogP) is 2.58. The average Bonchev–Trinajstić information content (AvgIpc) is 2.57. The average molecular weight is 250 g/mol. The molecule has 0 saturated carbocycles. The summed E-state index contributed by atoms with van der Waals surface area (Å²) in [5.74, 6) is 1.79. The van der Waals surface area contributed by atoms with Crippen molar-refractivity contribution in [1.29, 1.82) is 0 Å². The largest absolute Gasteiger partial charge is 0.493 e. The van der Waals surface area contributed by atoms with E-state index in [0.717, 1.165) is 5.56 Å². The standard InChI is InChI=1S/C14H18O4/c1-14(2)7-9(15)8-6-10(16-3)12(17-4)13(18-5)11(8)14/h6H,7H2,1-5H3. The van der Waals surface area contributed by atoms with Gasteiger partial charge in [0.15, 0.2) is 17.3 Å². The zero-order valence-electron chi connectivity index (χ0n) is 11.4. The molecule has 0 fully saturated rings. The highest BCUT2D eigenvalue weighted by Gasteiger charge is 2.41. The van der Waals surface area contributed by atoms with Crippen LogP contribution in [0.2, 0.25) is 0 Å². The zero-order chi connectivity index (χ0) is 13.5. The van der Waals surface area contributed by atoms with Gasteiger partial charge in [-0.1, -0.05) is 13.8 Å². The van der Waals surface area contributed by atoms with E-state index < -0.39 is 0 Å². The van der Waals surface area contributed by atoms with Crippen LogP contribution in [-0.4, -0.2) is 27.1 Å². The number of fused-ring (bicyclic) bond motifs is 1. The molecule has 0 aliphatic heterocycles. The maximum Gasteiger partial charge on any atom is 0.203 e. The number of ether oxygens (including phenoxy) is 3. The summed E-state index contributed by atoms with van der Waals surface area (Å²) in [5.41, 5.74) is 1.35. The Balaban J connectivity index is 2.80. The summed E-state index contributed by atoms with van der Waals surface area (Å²) in [6, 6.07) is 1.74. The van der Waals surface area contributed by atoms with Gasteiger partial charge in [-0.15, -0.1) is 0 Å². The van der Waals surface area contributed by atoms with Gasteiger partial charge in [-0.2, -0.15) is 0 Å². The molecule has 0 N–H and O–H groups in total. The van der Waals surface area contributed by atoms with E-state index in [1.807, 2.05) is 13.8 Å². The highest BCUT2D eigenvalue weighted by Crippen LogP contribution is 2.51. The molecule has 0 amide bonds. The Morgan fingerprint density at radius 2 is 1.67 bits per heavy atom. The lowest BCUT2D eigenvalue weighted by Crippen LogP contribution is -2.14. The van der Waals surface area contributed by atoms with Crippen molar-refractivity contribution in [1.82, 2.24) is 0 Å². The third-order valence-corrected chi connectivity index (χ3v) is 3.41. The lowest BCUT2D eigenvalue weighted by Gasteiger charge is -2.23. The van der Waals surface area contributed by atoms with Crippen molar-refractivity contribution in [3.63, 3.8) is 0 Å². The Kier molecular flexibility index (Phi) is 2.97. The first-order valence-corrected chi connectivity index (χ1v) is 5.83. The van der Waals surface area contributed by atoms with Crippen LogP contribution in [0.15, 0.2) is 6.07 Å². The molecule has 0 atom stereocenters. The van der Waals surface area contributed by atoms with Gasteiger partial charge in [-0.3, -0.25) is 4.79 Å². The number of benzene rings is 1. The van der Waals surface area contributed by atoms with Crippen molar-refractivity contribution < 1.29 is 19.0 Å². The van der Waals surface area contributed by atoms with E-state index >= 15 is 0 Å². The topological polar surface area (TPSA) is 44.8 Å². The summed E-state index contributed by atoms with van der Waals surface area (Å²) >= 11 is 0.